The molecule has 164 valence electrons. The Morgan fingerprint density at radius 3 is 2.76 bits per heavy atom. The Morgan fingerprint density at radius 1 is 1.31 bits per heavy atom. The molecule has 1 unspecified atom stereocenters. The van der Waals surface area contributed by atoms with Gasteiger partial charge in [-0.1, -0.05) is 26.0 Å². The minimum Gasteiger partial charge on any atom is -0.484 e. The van der Waals surface area contributed by atoms with Crippen molar-refractivity contribution in [1.29, 1.82) is 0 Å². The molecule has 0 saturated carbocycles. The number of nitrogens with zero attached hydrogens (tertiary/aromatic N) is 2. The molecule has 8 heteroatoms. The van der Waals surface area contributed by atoms with Crippen molar-refractivity contribution in [1.82, 2.24) is 15.5 Å². The van der Waals surface area contributed by atoms with E-state index in [-0.39, 0.29) is 36.5 Å². The summed E-state index contributed by atoms with van der Waals surface area (Å²) in [6, 6.07) is 7.80. The van der Waals surface area contributed by atoms with Gasteiger partial charge in [0.05, 0.1) is 6.54 Å². The van der Waals surface area contributed by atoms with E-state index in [2.05, 4.69) is 48.1 Å². The van der Waals surface area contributed by atoms with Gasteiger partial charge in [-0.25, -0.2) is 4.99 Å². The summed E-state index contributed by atoms with van der Waals surface area (Å²) in [5.41, 5.74) is 1.07. The molecule has 2 rings (SSSR count). The molecule has 0 radical (unpaired) electrons. The molecule has 0 spiro atoms. The van der Waals surface area contributed by atoms with Crippen LogP contribution in [0.15, 0.2) is 29.3 Å². The van der Waals surface area contributed by atoms with Gasteiger partial charge in [-0.05, 0) is 37.5 Å². The van der Waals surface area contributed by atoms with Gasteiger partial charge in [0.25, 0.3) is 5.91 Å². The first kappa shape index (κ1) is 25.9. The van der Waals surface area contributed by atoms with Crippen LogP contribution in [0.4, 0.5) is 0 Å². The Hall–Kier alpha value is -1.16. The average Bonchev–Trinajstić information content (AvgIpc) is 2.70. The zero-order valence-corrected chi connectivity index (χ0v) is 21.1. The summed E-state index contributed by atoms with van der Waals surface area (Å²) in [5.74, 6) is 3.36. The molecule has 1 amide bonds. The maximum absolute atomic E-state index is 11.6. The summed E-state index contributed by atoms with van der Waals surface area (Å²) in [6.07, 6.45) is 0. The van der Waals surface area contributed by atoms with Crippen molar-refractivity contribution < 1.29 is 9.53 Å². The first-order valence-electron chi connectivity index (χ1n) is 10.2. The number of amides is 1. The second-order valence-corrected chi connectivity index (χ2v) is 8.51. The third kappa shape index (κ3) is 9.02. The number of likely N-dealkylation sites (N-methyl/N-ethyl adjacent to an activating group) is 1. The summed E-state index contributed by atoms with van der Waals surface area (Å²) in [4.78, 5) is 18.8. The second kappa shape index (κ2) is 14.0. The number of hydrogen-bond donors (Lipinski definition) is 2. The predicted octanol–water partition coefficient (Wildman–Crippen LogP) is 3.36. The van der Waals surface area contributed by atoms with Gasteiger partial charge in [0, 0.05) is 37.2 Å². The minimum atomic E-state index is -0.108. The van der Waals surface area contributed by atoms with Gasteiger partial charge in [-0.15, -0.1) is 24.0 Å². The molecular formula is C21H35IN4O2S. The van der Waals surface area contributed by atoms with Crippen LogP contribution in [0.3, 0.4) is 0 Å². The first-order chi connectivity index (χ1) is 13.5. The molecule has 1 saturated heterocycles. The van der Waals surface area contributed by atoms with Gasteiger partial charge in [-0.3, -0.25) is 4.79 Å². The Kier molecular flexibility index (Phi) is 12.4. The SMILES string of the molecule is CCNC(=O)COc1cccc(CN=C(NCC)N2CCSC(C(C)C)C2)c1.I. The van der Waals surface area contributed by atoms with E-state index >= 15 is 0 Å². The minimum absolute atomic E-state index is 0. The van der Waals surface area contributed by atoms with E-state index in [1.54, 1.807) is 0 Å². The van der Waals surface area contributed by atoms with Crippen LogP contribution in [-0.2, 0) is 11.3 Å². The van der Waals surface area contributed by atoms with E-state index < -0.39 is 0 Å². The number of carbonyl (C=O) groups is 1. The maximum atomic E-state index is 11.6. The number of thioether (sulfide) groups is 1. The van der Waals surface area contributed by atoms with E-state index in [0.29, 0.717) is 30.0 Å². The maximum Gasteiger partial charge on any atom is 0.257 e. The van der Waals surface area contributed by atoms with Crippen LogP contribution in [0.2, 0.25) is 0 Å². The molecular weight excluding hydrogens is 499 g/mol. The zero-order chi connectivity index (χ0) is 20.4. The second-order valence-electron chi connectivity index (χ2n) is 7.16. The van der Waals surface area contributed by atoms with Gasteiger partial charge < -0.3 is 20.3 Å². The topological polar surface area (TPSA) is 66.0 Å². The Bertz CT molecular complexity index is 657. The number of aliphatic imine (C=N–C) groups is 1. The summed E-state index contributed by atoms with van der Waals surface area (Å²) < 4.78 is 5.58. The molecule has 0 aromatic heterocycles. The Morgan fingerprint density at radius 2 is 2.07 bits per heavy atom. The normalized spacial score (nSPS) is 16.9. The highest BCUT2D eigenvalue weighted by Crippen LogP contribution is 2.25. The van der Waals surface area contributed by atoms with E-state index in [4.69, 9.17) is 9.73 Å². The van der Waals surface area contributed by atoms with E-state index in [1.165, 1.54) is 0 Å². The van der Waals surface area contributed by atoms with Crippen molar-refractivity contribution in [2.24, 2.45) is 10.9 Å². The Balaban J connectivity index is 0.00000420. The van der Waals surface area contributed by atoms with Gasteiger partial charge in [0.15, 0.2) is 12.6 Å². The molecule has 6 nitrogen and oxygen atoms in total. The van der Waals surface area contributed by atoms with Crippen LogP contribution in [-0.4, -0.2) is 60.6 Å². The molecule has 1 aromatic rings. The lowest BCUT2D eigenvalue weighted by Gasteiger charge is -2.36. The van der Waals surface area contributed by atoms with Gasteiger partial charge >= 0.3 is 0 Å². The highest BCUT2D eigenvalue weighted by Gasteiger charge is 2.24. The van der Waals surface area contributed by atoms with Crippen molar-refractivity contribution in [2.45, 2.75) is 39.5 Å². The number of benzene rings is 1. The molecule has 1 fully saturated rings. The van der Waals surface area contributed by atoms with Crippen LogP contribution in [0, 0.1) is 5.92 Å². The summed E-state index contributed by atoms with van der Waals surface area (Å²) >= 11 is 2.06. The molecule has 1 aliphatic heterocycles. The lowest BCUT2D eigenvalue weighted by atomic mass is 10.1. The summed E-state index contributed by atoms with van der Waals surface area (Å²) in [5, 5.41) is 6.81. The average molecular weight is 535 g/mol. The van der Waals surface area contributed by atoms with Crippen LogP contribution in [0.25, 0.3) is 0 Å². The fourth-order valence-electron chi connectivity index (χ4n) is 2.99. The van der Waals surface area contributed by atoms with Crippen LogP contribution in [0.5, 0.6) is 5.75 Å². The van der Waals surface area contributed by atoms with Crippen molar-refractivity contribution in [3.05, 3.63) is 29.8 Å². The van der Waals surface area contributed by atoms with Crippen LogP contribution in [0.1, 0.15) is 33.3 Å². The zero-order valence-electron chi connectivity index (χ0n) is 17.9. The predicted molar refractivity (Wildman–Crippen MR) is 134 cm³/mol. The Labute approximate surface area is 196 Å². The van der Waals surface area contributed by atoms with Gasteiger partial charge in [0.1, 0.15) is 5.75 Å². The van der Waals surface area contributed by atoms with Gasteiger partial charge in [0.2, 0.25) is 0 Å². The number of ether oxygens (including phenoxy) is 1. The molecule has 1 heterocycles. The number of halogens is 1. The van der Waals surface area contributed by atoms with Crippen molar-refractivity contribution in [3.63, 3.8) is 0 Å². The smallest absolute Gasteiger partial charge is 0.257 e. The fraction of sp³-hybridized carbons (Fsp3) is 0.619. The molecule has 0 aliphatic carbocycles. The highest BCUT2D eigenvalue weighted by molar-refractivity contribution is 14.0. The first-order valence-corrected chi connectivity index (χ1v) is 11.2. The van der Waals surface area contributed by atoms with E-state index in [9.17, 15) is 4.79 Å². The number of hydrogen-bond acceptors (Lipinski definition) is 4. The highest BCUT2D eigenvalue weighted by atomic mass is 127. The summed E-state index contributed by atoms with van der Waals surface area (Å²) in [7, 11) is 0. The van der Waals surface area contributed by atoms with E-state index in [1.807, 2.05) is 31.2 Å². The van der Waals surface area contributed by atoms with Crippen molar-refractivity contribution in [2.75, 3.05) is 38.5 Å². The number of nitrogens with one attached hydrogen (secondary N) is 2. The lowest BCUT2D eigenvalue weighted by Crippen LogP contribution is -2.49. The molecule has 0 bridgehead atoms. The third-order valence-electron chi connectivity index (χ3n) is 4.53. The van der Waals surface area contributed by atoms with Crippen LogP contribution >= 0.6 is 35.7 Å². The van der Waals surface area contributed by atoms with Crippen LogP contribution < -0.4 is 15.4 Å². The number of carbonyl (C=O) groups excluding carboxylic acids is 1. The largest absolute Gasteiger partial charge is 0.484 e. The molecule has 1 aliphatic rings. The lowest BCUT2D eigenvalue weighted by molar-refractivity contribution is -0.122. The molecule has 1 aromatic carbocycles. The number of rotatable bonds is 8. The molecule has 29 heavy (non-hydrogen) atoms. The standard InChI is InChI=1S/C21H34N4O2S.HI/c1-5-22-20(26)15-27-18-9-7-8-17(12-18)13-24-21(23-6-2)25-10-11-28-19(14-25)16(3)4;/h7-9,12,16,19H,5-6,10-11,13-15H2,1-4H3,(H,22,26)(H,23,24);1H. The fourth-order valence-corrected chi connectivity index (χ4v) is 4.29. The van der Waals surface area contributed by atoms with E-state index in [0.717, 1.165) is 36.9 Å². The van der Waals surface area contributed by atoms with Crippen molar-refractivity contribution >= 4 is 47.6 Å². The quantitative estimate of drug-likeness (QED) is 0.304. The molecule has 2 N–H and O–H groups in total. The van der Waals surface area contributed by atoms with Gasteiger partial charge in [-0.2, -0.15) is 11.8 Å². The molecule has 1 atom stereocenters. The number of guanidine groups is 1. The monoisotopic (exact) mass is 534 g/mol. The summed E-state index contributed by atoms with van der Waals surface area (Å²) in [6.45, 7) is 12.7. The van der Waals surface area contributed by atoms with Crippen molar-refractivity contribution in [3.8, 4) is 5.75 Å². The third-order valence-corrected chi connectivity index (χ3v) is 6.07.